The lowest BCUT2D eigenvalue weighted by Crippen LogP contribution is -2.42. The molecule has 0 heterocycles. The van der Waals surface area contributed by atoms with Crippen molar-refractivity contribution in [3.63, 3.8) is 0 Å². The minimum atomic E-state index is -3.89. The number of rotatable bonds is 10. The van der Waals surface area contributed by atoms with Gasteiger partial charge in [0.1, 0.15) is 0 Å². The second-order valence-corrected chi connectivity index (χ2v) is 8.35. The van der Waals surface area contributed by atoms with Crippen molar-refractivity contribution in [2.24, 2.45) is 5.92 Å². The summed E-state index contributed by atoms with van der Waals surface area (Å²) in [6.07, 6.45) is 0. The van der Waals surface area contributed by atoms with Crippen molar-refractivity contribution in [2.45, 2.75) is 32.6 Å². The zero-order valence-corrected chi connectivity index (χ0v) is 17.6. The van der Waals surface area contributed by atoms with Crippen LogP contribution in [0.5, 0.6) is 5.75 Å². The predicted molar refractivity (Wildman–Crippen MR) is 105 cm³/mol. The topological polar surface area (TPSA) is 148 Å². The van der Waals surface area contributed by atoms with Crippen molar-refractivity contribution in [2.75, 3.05) is 26.2 Å². The molecular weight excluding hydrogens is 404 g/mol. The van der Waals surface area contributed by atoms with Crippen molar-refractivity contribution in [1.82, 2.24) is 14.9 Å². The van der Waals surface area contributed by atoms with Gasteiger partial charge in [-0.25, -0.2) is 13.2 Å². The van der Waals surface area contributed by atoms with E-state index in [2.05, 4.69) is 5.32 Å². The van der Waals surface area contributed by atoms with E-state index in [0.717, 1.165) is 16.4 Å². The van der Waals surface area contributed by atoms with Gasteiger partial charge in [-0.3, -0.25) is 20.2 Å². The summed E-state index contributed by atoms with van der Waals surface area (Å²) < 4.78 is 31.4. The molecule has 1 aromatic rings. The van der Waals surface area contributed by atoms with Gasteiger partial charge < -0.3 is 10.1 Å². The van der Waals surface area contributed by atoms with Crippen molar-refractivity contribution in [3.05, 3.63) is 28.3 Å². The number of imide groups is 1. The highest BCUT2D eigenvalue weighted by Crippen LogP contribution is 2.30. The Hall–Kier alpha value is -2.73. The Kier molecular flexibility index (Phi) is 8.98. The first-order chi connectivity index (χ1) is 13.5. The Labute approximate surface area is 169 Å². The molecule has 12 heteroatoms. The van der Waals surface area contributed by atoms with E-state index in [1.165, 1.54) is 6.07 Å². The number of ether oxygens (including phenoxy) is 1. The summed E-state index contributed by atoms with van der Waals surface area (Å²) in [5.74, 6) is -0.896. The summed E-state index contributed by atoms with van der Waals surface area (Å²) in [5.41, 5.74) is -0.602. The molecule has 0 bridgehead atoms. The smallest absolute Gasteiger partial charge is 0.321 e. The first kappa shape index (κ1) is 24.3. The van der Waals surface area contributed by atoms with Crippen LogP contribution < -0.4 is 15.4 Å². The van der Waals surface area contributed by atoms with Gasteiger partial charge in [0.2, 0.25) is 10.0 Å². The maximum atomic E-state index is 12.5. The maximum Gasteiger partial charge on any atom is 0.321 e. The molecule has 1 rings (SSSR count). The molecule has 0 radical (unpaired) electrons. The van der Waals surface area contributed by atoms with Crippen LogP contribution in [-0.2, 0) is 14.8 Å². The summed E-state index contributed by atoms with van der Waals surface area (Å²) >= 11 is 0. The van der Waals surface area contributed by atoms with Gasteiger partial charge in [0.15, 0.2) is 12.4 Å². The normalized spacial score (nSPS) is 11.4. The summed E-state index contributed by atoms with van der Waals surface area (Å²) in [6.45, 7) is 7.22. The Balaban J connectivity index is 2.92. The fraction of sp³-hybridized carbons (Fsp3) is 0.529. The number of sulfonamides is 1. The lowest BCUT2D eigenvalue weighted by molar-refractivity contribution is -0.386. The molecular formula is C17H26N4O7S. The second kappa shape index (κ2) is 10.7. The van der Waals surface area contributed by atoms with E-state index in [-0.39, 0.29) is 29.7 Å². The van der Waals surface area contributed by atoms with Crippen molar-refractivity contribution in [1.29, 1.82) is 0 Å². The molecule has 0 atom stereocenters. The third kappa shape index (κ3) is 6.98. The fourth-order valence-electron chi connectivity index (χ4n) is 2.28. The molecule has 0 spiro atoms. The Morgan fingerprint density at radius 3 is 2.38 bits per heavy atom. The molecule has 0 aliphatic rings. The molecule has 0 saturated heterocycles. The van der Waals surface area contributed by atoms with Gasteiger partial charge in [-0.2, -0.15) is 4.31 Å². The van der Waals surface area contributed by atoms with Crippen LogP contribution in [0.2, 0.25) is 0 Å². The third-order valence-corrected chi connectivity index (χ3v) is 5.80. The summed E-state index contributed by atoms with van der Waals surface area (Å²) in [5, 5.41) is 15.8. The zero-order valence-electron chi connectivity index (χ0n) is 16.8. The van der Waals surface area contributed by atoms with E-state index in [9.17, 15) is 28.1 Å². The van der Waals surface area contributed by atoms with E-state index in [1.807, 2.05) is 19.2 Å². The average Bonchev–Trinajstić information content (AvgIpc) is 2.65. The SMILES string of the molecule is CCN(CC)S(=O)(=O)c1ccc(OCC(=O)NC(=O)NCC(C)C)c([N+](=O)[O-])c1. The summed E-state index contributed by atoms with van der Waals surface area (Å²) in [6, 6.07) is 2.46. The number of nitrogens with zero attached hydrogens (tertiary/aromatic N) is 2. The highest BCUT2D eigenvalue weighted by molar-refractivity contribution is 7.89. The number of nitrogens with one attached hydrogen (secondary N) is 2. The molecule has 0 aromatic heterocycles. The number of carbonyl (C=O) groups is 2. The van der Waals surface area contributed by atoms with Gasteiger partial charge in [0.05, 0.1) is 9.82 Å². The molecule has 162 valence electrons. The number of hydrogen-bond donors (Lipinski definition) is 2. The molecule has 0 aliphatic carbocycles. The van der Waals surface area contributed by atoms with Gasteiger partial charge >= 0.3 is 11.7 Å². The van der Waals surface area contributed by atoms with Crippen LogP contribution in [0.3, 0.4) is 0 Å². The largest absolute Gasteiger partial charge is 0.477 e. The number of nitro groups is 1. The first-order valence-corrected chi connectivity index (χ1v) is 10.5. The maximum absolute atomic E-state index is 12.5. The standard InChI is InChI=1S/C17H26N4O7S/c1-5-20(6-2)29(26,27)13-7-8-15(14(9-13)21(24)25)28-11-16(22)19-17(23)18-10-12(3)4/h7-9,12H,5-6,10-11H2,1-4H3,(H2,18,19,22,23). The van der Waals surface area contributed by atoms with E-state index in [1.54, 1.807) is 13.8 Å². The molecule has 0 unspecified atom stereocenters. The molecule has 0 aliphatic heterocycles. The zero-order chi connectivity index (χ0) is 22.2. The van der Waals surface area contributed by atoms with Crippen LogP contribution >= 0.6 is 0 Å². The lowest BCUT2D eigenvalue weighted by Gasteiger charge is -2.18. The second-order valence-electron chi connectivity index (χ2n) is 6.42. The number of benzene rings is 1. The van der Waals surface area contributed by atoms with E-state index in [0.29, 0.717) is 6.54 Å². The Morgan fingerprint density at radius 2 is 1.86 bits per heavy atom. The molecule has 3 amide bonds. The molecule has 0 saturated carbocycles. The molecule has 11 nitrogen and oxygen atoms in total. The molecule has 0 fully saturated rings. The van der Waals surface area contributed by atoms with Gasteiger partial charge in [-0.15, -0.1) is 0 Å². The van der Waals surface area contributed by atoms with Crippen LogP contribution in [0.4, 0.5) is 10.5 Å². The van der Waals surface area contributed by atoms with Gasteiger partial charge in [0.25, 0.3) is 5.91 Å². The van der Waals surface area contributed by atoms with Crippen molar-refractivity contribution < 1.29 is 27.7 Å². The Bertz CT molecular complexity index is 851. The van der Waals surface area contributed by atoms with Gasteiger partial charge in [0, 0.05) is 25.7 Å². The van der Waals surface area contributed by atoms with Crippen LogP contribution in [0.15, 0.2) is 23.1 Å². The highest BCUT2D eigenvalue weighted by atomic mass is 32.2. The van der Waals surface area contributed by atoms with E-state index in [4.69, 9.17) is 4.74 Å². The average molecular weight is 430 g/mol. The number of nitro benzene ring substituents is 1. The van der Waals surface area contributed by atoms with Crippen LogP contribution in [0.25, 0.3) is 0 Å². The highest BCUT2D eigenvalue weighted by Gasteiger charge is 2.26. The van der Waals surface area contributed by atoms with Gasteiger partial charge in [-0.1, -0.05) is 27.7 Å². The lowest BCUT2D eigenvalue weighted by atomic mass is 10.2. The van der Waals surface area contributed by atoms with Crippen LogP contribution in [-0.4, -0.2) is 55.8 Å². The van der Waals surface area contributed by atoms with Crippen LogP contribution in [0.1, 0.15) is 27.7 Å². The quantitative estimate of drug-likeness (QED) is 0.422. The number of amides is 3. The van der Waals surface area contributed by atoms with Gasteiger partial charge in [-0.05, 0) is 18.1 Å². The summed E-state index contributed by atoms with van der Waals surface area (Å²) in [4.78, 5) is 33.6. The third-order valence-electron chi connectivity index (χ3n) is 3.75. The number of urea groups is 1. The number of hydrogen-bond acceptors (Lipinski definition) is 7. The Morgan fingerprint density at radius 1 is 1.24 bits per heavy atom. The minimum absolute atomic E-state index is 0.195. The minimum Gasteiger partial charge on any atom is -0.477 e. The molecule has 2 N–H and O–H groups in total. The molecule has 1 aromatic carbocycles. The predicted octanol–water partition coefficient (Wildman–Crippen LogP) is 1.49. The van der Waals surface area contributed by atoms with E-state index < -0.39 is 39.2 Å². The fourth-order valence-corrected chi connectivity index (χ4v) is 3.76. The van der Waals surface area contributed by atoms with Crippen molar-refractivity contribution in [3.8, 4) is 5.75 Å². The summed E-state index contributed by atoms with van der Waals surface area (Å²) in [7, 11) is -3.89. The molecule has 29 heavy (non-hydrogen) atoms. The van der Waals surface area contributed by atoms with E-state index >= 15 is 0 Å². The van der Waals surface area contributed by atoms with Crippen LogP contribution in [0, 0.1) is 16.0 Å². The van der Waals surface area contributed by atoms with Crippen molar-refractivity contribution >= 4 is 27.6 Å². The monoisotopic (exact) mass is 430 g/mol. The number of carbonyl (C=O) groups excluding carboxylic acids is 2. The first-order valence-electron chi connectivity index (χ1n) is 9.01.